The van der Waals surface area contributed by atoms with Crippen molar-refractivity contribution < 1.29 is 67.0 Å². The van der Waals surface area contributed by atoms with Crippen LogP contribution < -0.4 is 10.6 Å². The minimum absolute atomic E-state index is 0.0386. The van der Waals surface area contributed by atoms with E-state index in [1.807, 2.05) is 13.8 Å². The summed E-state index contributed by atoms with van der Waals surface area (Å²) in [5.41, 5.74) is -1.33. The number of benzene rings is 3. The summed E-state index contributed by atoms with van der Waals surface area (Å²) in [5, 5.41) is 37.4. The number of carbonyl (C=O) groups excluding carboxylic acids is 7. The van der Waals surface area contributed by atoms with Gasteiger partial charge in [-0.25, -0.2) is 33.8 Å². The first-order chi connectivity index (χ1) is 33.2. The molecule has 1 unspecified atom stereocenters. The van der Waals surface area contributed by atoms with Crippen molar-refractivity contribution in [1.29, 1.82) is 0 Å². The second kappa shape index (κ2) is 21.5. The number of likely N-dealkylation sites (tertiary alicyclic amines) is 1. The highest BCUT2D eigenvalue weighted by atomic mass is 28.4. The molecule has 0 bridgehead atoms. The normalized spacial score (nSPS) is 18.0. The number of carbonyl (C=O) groups is 7. The molecule has 26 heteroatoms. The lowest BCUT2D eigenvalue weighted by Gasteiger charge is -2.49. The van der Waals surface area contributed by atoms with Gasteiger partial charge in [-0.3, -0.25) is 50.7 Å². The number of guanidine groups is 1. The number of β-lactam (4-membered cyclic amide) rings is 1. The zero-order chi connectivity index (χ0) is 51.2. The summed E-state index contributed by atoms with van der Waals surface area (Å²) >= 11 is 0. The number of nitro groups is 3. The highest BCUT2D eigenvalue weighted by Crippen LogP contribution is 2.49. The molecule has 70 heavy (non-hydrogen) atoms. The van der Waals surface area contributed by atoms with E-state index in [1.165, 1.54) is 4.90 Å². The van der Waals surface area contributed by atoms with Crippen molar-refractivity contribution in [2.75, 3.05) is 19.6 Å². The standard InChI is InChI=1S/C44H46N8O17Si/c1-6-70(7-2,8-3)69-25(5)34-35-24(4)33(36(49(35)37(34)53)41(57)66-38(54)26-9-15-30(16-10-26)50(60)61)23-48-21-29(22-48)45-42(46-43(58)67-39(55)27-11-17-31(18-12-27)51(62)63)47-44(59)68-40(56)28-13-19-32(20-14-28)52(64)65/h9-20,24-25,29,34-35H,6-8,21-23H2,1-5H3,(H2,45,46,47,58,59)/t24-,25+,34?,35+/m0/s1. The molecular formula is C44H46N8O17Si. The van der Waals surface area contributed by atoms with Gasteiger partial charge in [0.15, 0.2) is 8.32 Å². The van der Waals surface area contributed by atoms with E-state index in [9.17, 15) is 63.9 Å². The lowest BCUT2D eigenvalue weighted by Crippen LogP contribution is -2.65. The zero-order valence-corrected chi connectivity index (χ0v) is 39.2. The van der Waals surface area contributed by atoms with Gasteiger partial charge < -0.3 is 23.5 Å². The van der Waals surface area contributed by atoms with Crippen molar-refractivity contribution in [2.45, 2.75) is 70.9 Å². The fourth-order valence-electron chi connectivity index (χ4n) is 8.45. The maximum atomic E-state index is 14.0. The minimum atomic E-state index is -2.20. The largest absolute Gasteiger partial charge is 0.421 e. The van der Waals surface area contributed by atoms with Crippen molar-refractivity contribution in [1.82, 2.24) is 20.4 Å². The van der Waals surface area contributed by atoms with E-state index >= 15 is 0 Å². The number of nitrogens with zero attached hydrogens (tertiary/aromatic N) is 6. The van der Waals surface area contributed by atoms with Gasteiger partial charge in [-0.2, -0.15) is 0 Å². The number of esters is 4. The van der Waals surface area contributed by atoms with Crippen LogP contribution in [0.4, 0.5) is 26.7 Å². The number of non-ortho nitro benzene ring substituents is 3. The molecule has 0 spiro atoms. The van der Waals surface area contributed by atoms with Crippen LogP contribution in [0.1, 0.15) is 65.7 Å². The number of nitrogens with one attached hydrogen (secondary N) is 2. The molecule has 3 aromatic carbocycles. The van der Waals surface area contributed by atoms with Crippen molar-refractivity contribution in [3.05, 3.63) is 131 Å². The SMILES string of the molecule is CC[Si](CC)(CC)O[C@H](C)C1C(=O)N2C(C(=O)OC(=O)c3ccc([N+](=O)[O-])cc3)=C(CN3CC(N=C(NC(=O)OC(=O)c4ccc([N+](=O)[O-])cc4)NC(=O)OC(=O)c4ccc([N+](=O)[O-])cc4)C3)[C@H](C)[C@H]12. The van der Waals surface area contributed by atoms with E-state index in [0.29, 0.717) is 5.57 Å². The Morgan fingerprint density at radius 1 is 0.686 bits per heavy atom. The number of amides is 3. The lowest BCUT2D eigenvalue weighted by molar-refractivity contribution is -0.385. The molecule has 0 aromatic heterocycles. The molecule has 3 aliphatic rings. The summed E-state index contributed by atoms with van der Waals surface area (Å²) in [6, 6.07) is 13.8. The van der Waals surface area contributed by atoms with Crippen LogP contribution in [0.5, 0.6) is 0 Å². The van der Waals surface area contributed by atoms with Crippen LogP contribution in [0, 0.1) is 42.2 Å². The molecule has 0 saturated carbocycles. The topological polar surface area (TPSA) is 329 Å². The molecular weight excluding hydrogens is 941 g/mol. The molecule has 3 aromatic rings. The van der Waals surface area contributed by atoms with Crippen LogP contribution in [0.15, 0.2) is 89.1 Å². The highest BCUT2D eigenvalue weighted by Gasteiger charge is 2.61. The third-order valence-corrected chi connectivity index (χ3v) is 17.2. The fourth-order valence-corrected chi connectivity index (χ4v) is 11.4. The van der Waals surface area contributed by atoms with Crippen LogP contribution in [0.2, 0.25) is 18.1 Å². The predicted molar refractivity (Wildman–Crippen MR) is 243 cm³/mol. The Morgan fingerprint density at radius 3 is 1.47 bits per heavy atom. The first-order valence-electron chi connectivity index (χ1n) is 21.8. The van der Waals surface area contributed by atoms with Gasteiger partial charge in [0.25, 0.3) is 17.1 Å². The van der Waals surface area contributed by atoms with Gasteiger partial charge in [-0.05, 0) is 67.0 Å². The zero-order valence-electron chi connectivity index (χ0n) is 38.2. The average Bonchev–Trinajstić information content (AvgIpc) is 3.56. The monoisotopic (exact) mass is 986 g/mol. The van der Waals surface area contributed by atoms with Crippen LogP contribution in [-0.2, 0) is 28.2 Å². The Bertz CT molecular complexity index is 2590. The molecule has 2 fully saturated rings. The number of aliphatic imine (C=N–C) groups is 1. The average molecular weight is 987 g/mol. The van der Waals surface area contributed by atoms with Gasteiger partial charge >= 0.3 is 36.1 Å². The molecule has 0 radical (unpaired) electrons. The molecule has 3 aliphatic heterocycles. The summed E-state index contributed by atoms with van der Waals surface area (Å²) in [6.07, 6.45) is -3.46. The first kappa shape index (κ1) is 51.3. The van der Waals surface area contributed by atoms with E-state index in [1.54, 1.807) is 4.90 Å². The maximum absolute atomic E-state index is 14.0. The third-order valence-electron chi connectivity index (χ3n) is 12.4. The molecule has 4 atom stereocenters. The summed E-state index contributed by atoms with van der Waals surface area (Å²) in [7, 11) is -2.20. The molecule has 0 aliphatic carbocycles. The first-order valence-corrected chi connectivity index (χ1v) is 24.3. The van der Waals surface area contributed by atoms with E-state index < -0.39 is 101 Å². The number of ether oxygens (including phenoxy) is 3. The van der Waals surface area contributed by atoms with Crippen molar-refractivity contribution in [3.8, 4) is 0 Å². The van der Waals surface area contributed by atoms with E-state index in [2.05, 4.69) is 36.4 Å². The minimum Gasteiger partial charge on any atom is -0.413 e. The summed E-state index contributed by atoms with van der Waals surface area (Å²) in [4.78, 5) is 131. The summed E-state index contributed by atoms with van der Waals surface area (Å²) in [6.45, 7) is 10.0. The predicted octanol–water partition coefficient (Wildman–Crippen LogP) is 5.41. The lowest BCUT2D eigenvalue weighted by atomic mass is 9.77. The number of rotatable bonds is 16. The van der Waals surface area contributed by atoms with Crippen LogP contribution >= 0.6 is 0 Å². The Labute approximate surface area is 398 Å². The Morgan fingerprint density at radius 2 is 1.09 bits per heavy atom. The second-order valence-electron chi connectivity index (χ2n) is 16.5. The van der Waals surface area contributed by atoms with Gasteiger partial charge in [-0.15, -0.1) is 0 Å². The van der Waals surface area contributed by atoms with Gasteiger partial charge in [0, 0.05) is 62.0 Å². The number of hydrogen-bond donors (Lipinski definition) is 2. The molecule has 25 nitrogen and oxygen atoms in total. The smallest absolute Gasteiger partial charge is 0.413 e. The molecule has 6 rings (SSSR count). The highest BCUT2D eigenvalue weighted by molar-refractivity contribution is 6.73. The number of alkyl carbamates (subject to hydrolysis) is 2. The van der Waals surface area contributed by atoms with E-state index in [4.69, 9.17) is 18.6 Å². The second-order valence-corrected chi connectivity index (χ2v) is 21.2. The molecule has 3 heterocycles. The molecule has 368 valence electrons. The van der Waals surface area contributed by atoms with Gasteiger partial charge in [0.05, 0.1) is 55.6 Å². The summed E-state index contributed by atoms with van der Waals surface area (Å²) < 4.78 is 21.6. The van der Waals surface area contributed by atoms with Crippen molar-refractivity contribution in [3.63, 3.8) is 0 Å². The van der Waals surface area contributed by atoms with Crippen molar-refractivity contribution >= 4 is 73.3 Å². The molecule has 3 amide bonds. The van der Waals surface area contributed by atoms with Gasteiger partial charge in [0.1, 0.15) is 5.70 Å². The Hall–Kier alpha value is -8.10. The molecule has 2 saturated heterocycles. The quantitative estimate of drug-likeness (QED) is 0.0208. The number of fused-ring (bicyclic) bond motifs is 1. The van der Waals surface area contributed by atoms with Crippen LogP contribution in [0.25, 0.3) is 0 Å². The number of nitro benzene ring substituents is 3. The maximum Gasteiger partial charge on any atom is 0.421 e. The summed E-state index contributed by atoms with van der Waals surface area (Å²) in [5.74, 6) is -6.87. The van der Waals surface area contributed by atoms with Gasteiger partial charge in [-0.1, -0.05) is 27.7 Å². The number of hydrogen-bond acceptors (Lipinski definition) is 19. The van der Waals surface area contributed by atoms with Crippen LogP contribution in [0.3, 0.4) is 0 Å². The fraction of sp³-hybridized carbons (Fsp3) is 0.364. The van der Waals surface area contributed by atoms with E-state index in [0.717, 1.165) is 90.9 Å². The Balaban J connectivity index is 1.21. The van der Waals surface area contributed by atoms with E-state index in [-0.39, 0.29) is 59.1 Å². The van der Waals surface area contributed by atoms with Crippen molar-refractivity contribution in [2.24, 2.45) is 16.8 Å². The molecule has 2 N–H and O–H groups in total. The van der Waals surface area contributed by atoms with Crippen LogP contribution in [-0.4, -0.2) is 119 Å². The Kier molecular flexibility index (Phi) is 15.7. The van der Waals surface area contributed by atoms with Gasteiger partial charge in [0.2, 0.25) is 11.9 Å². The third kappa shape index (κ3) is 11.3.